The van der Waals surface area contributed by atoms with Gasteiger partial charge in [0.15, 0.2) is 0 Å². The molecule has 1 aromatic carbocycles. The van der Waals surface area contributed by atoms with E-state index in [1.165, 1.54) is 0 Å². The summed E-state index contributed by atoms with van der Waals surface area (Å²) < 4.78 is 3.88. The van der Waals surface area contributed by atoms with Gasteiger partial charge in [0.2, 0.25) is 5.91 Å². The zero-order chi connectivity index (χ0) is 15.7. The van der Waals surface area contributed by atoms with Crippen LogP contribution in [0.2, 0.25) is 0 Å². The minimum atomic E-state index is -0.290. The molecular weight excluding hydrogens is 300 g/mol. The summed E-state index contributed by atoms with van der Waals surface area (Å²) in [5.74, 6) is -0.522. The molecule has 0 bridgehead atoms. The molecule has 1 unspecified atom stereocenters. The fraction of sp³-hybridized carbons (Fsp3) is 0.333. The van der Waals surface area contributed by atoms with Crippen molar-refractivity contribution in [2.75, 3.05) is 16.8 Å². The van der Waals surface area contributed by atoms with E-state index in [1.807, 2.05) is 32.0 Å². The van der Waals surface area contributed by atoms with Crippen LogP contribution in [0.3, 0.4) is 0 Å². The van der Waals surface area contributed by atoms with E-state index in [4.69, 9.17) is 0 Å². The first kappa shape index (κ1) is 14.6. The van der Waals surface area contributed by atoms with Gasteiger partial charge in [-0.3, -0.25) is 9.59 Å². The Balaban J connectivity index is 2.05. The summed E-state index contributed by atoms with van der Waals surface area (Å²) in [4.78, 5) is 27.2. The average Bonchev–Trinajstić information content (AvgIpc) is 2.96. The van der Waals surface area contributed by atoms with Crippen LogP contribution >= 0.6 is 11.5 Å². The summed E-state index contributed by atoms with van der Waals surface area (Å²) in [6.07, 6.45) is 0.653. The summed E-state index contributed by atoms with van der Waals surface area (Å²) in [7, 11) is 0. The molecule has 114 valence electrons. The molecular formula is C15H16N4O2S. The van der Waals surface area contributed by atoms with Crippen molar-refractivity contribution in [3.63, 3.8) is 0 Å². The Morgan fingerprint density at radius 2 is 2.23 bits per heavy atom. The maximum absolute atomic E-state index is 12.9. The van der Waals surface area contributed by atoms with Gasteiger partial charge in [0, 0.05) is 6.54 Å². The molecule has 2 amide bonds. The Hall–Kier alpha value is -2.28. The minimum Gasteiger partial charge on any atom is -0.324 e. The second-order valence-electron chi connectivity index (χ2n) is 5.23. The van der Waals surface area contributed by atoms with Crippen molar-refractivity contribution in [3.05, 3.63) is 34.8 Å². The number of benzene rings is 1. The number of aryl methyl sites for hydroxylation is 1. The van der Waals surface area contributed by atoms with Crippen LogP contribution in [0.5, 0.6) is 0 Å². The van der Waals surface area contributed by atoms with Gasteiger partial charge in [0.1, 0.15) is 4.88 Å². The Bertz CT molecular complexity index is 728. The van der Waals surface area contributed by atoms with Gasteiger partial charge in [-0.15, -0.1) is 5.10 Å². The molecule has 1 atom stereocenters. The average molecular weight is 316 g/mol. The first-order chi connectivity index (χ1) is 10.6. The number of rotatable bonds is 2. The highest BCUT2D eigenvalue weighted by Crippen LogP contribution is 2.31. The number of carbonyl (C=O) groups is 2. The molecule has 6 nitrogen and oxygen atoms in total. The van der Waals surface area contributed by atoms with Crippen molar-refractivity contribution < 1.29 is 9.59 Å². The molecule has 0 radical (unpaired) electrons. The minimum absolute atomic E-state index is 0.0825. The van der Waals surface area contributed by atoms with E-state index in [1.54, 1.807) is 11.0 Å². The van der Waals surface area contributed by atoms with Crippen LogP contribution in [-0.2, 0) is 11.2 Å². The fourth-order valence-corrected chi connectivity index (χ4v) is 3.14. The number of carbonyl (C=O) groups excluding carboxylic acids is 2. The van der Waals surface area contributed by atoms with Gasteiger partial charge in [-0.05, 0) is 30.1 Å². The number of para-hydroxylation sites is 2. The molecule has 2 aromatic rings. The Kier molecular flexibility index (Phi) is 3.89. The van der Waals surface area contributed by atoms with Crippen molar-refractivity contribution in [2.45, 2.75) is 20.3 Å². The van der Waals surface area contributed by atoms with Crippen molar-refractivity contribution >= 4 is 34.7 Å². The van der Waals surface area contributed by atoms with E-state index in [-0.39, 0.29) is 17.7 Å². The zero-order valence-corrected chi connectivity index (χ0v) is 13.2. The lowest BCUT2D eigenvalue weighted by molar-refractivity contribution is -0.119. The highest BCUT2D eigenvalue weighted by molar-refractivity contribution is 7.08. The molecule has 0 aliphatic carbocycles. The van der Waals surface area contributed by atoms with Gasteiger partial charge < -0.3 is 10.2 Å². The van der Waals surface area contributed by atoms with E-state index in [9.17, 15) is 9.59 Å². The normalized spacial score (nSPS) is 17.6. The summed E-state index contributed by atoms with van der Waals surface area (Å²) in [5.41, 5.74) is 2.06. The third-order valence-electron chi connectivity index (χ3n) is 3.69. The number of hydrogen-bond acceptors (Lipinski definition) is 5. The first-order valence-electron chi connectivity index (χ1n) is 7.14. The molecule has 1 aliphatic heterocycles. The number of anilines is 2. The highest BCUT2D eigenvalue weighted by Gasteiger charge is 2.31. The molecule has 22 heavy (non-hydrogen) atoms. The van der Waals surface area contributed by atoms with Crippen molar-refractivity contribution in [2.24, 2.45) is 5.92 Å². The van der Waals surface area contributed by atoms with Crippen LogP contribution in [-0.4, -0.2) is 27.9 Å². The molecule has 3 rings (SSSR count). The van der Waals surface area contributed by atoms with E-state index in [2.05, 4.69) is 14.9 Å². The predicted octanol–water partition coefficient (Wildman–Crippen LogP) is 2.34. The third kappa shape index (κ3) is 2.48. The second kappa shape index (κ2) is 5.84. The largest absolute Gasteiger partial charge is 0.324 e. The number of amides is 2. The second-order valence-corrected chi connectivity index (χ2v) is 5.98. The lowest BCUT2D eigenvalue weighted by Crippen LogP contribution is -2.35. The van der Waals surface area contributed by atoms with Crippen LogP contribution in [0.15, 0.2) is 24.3 Å². The van der Waals surface area contributed by atoms with E-state index in [0.29, 0.717) is 34.9 Å². The number of fused-ring (bicyclic) bond motifs is 1. The van der Waals surface area contributed by atoms with Gasteiger partial charge >= 0.3 is 0 Å². The first-order valence-corrected chi connectivity index (χ1v) is 7.92. The van der Waals surface area contributed by atoms with Crippen LogP contribution in [0.1, 0.15) is 29.2 Å². The van der Waals surface area contributed by atoms with Gasteiger partial charge in [0.05, 0.1) is 23.0 Å². The SMILES string of the molecule is CCc1nnsc1C(=O)N1CC(C)C(=O)Nc2ccccc21. The standard InChI is InChI=1S/C15H16N4O2S/c1-3-10-13(22-18-17-10)15(21)19-8-9(2)14(20)16-11-6-4-5-7-12(11)19/h4-7,9H,3,8H2,1-2H3,(H,16,20). The monoisotopic (exact) mass is 316 g/mol. The summed E-state index contributed by atoms with van der Waals surface area (Å²) in [5, 5.41) is 6.87. The lowest BCUT2D eigenvalue weighted by atomic mass is 10.1. The summed E-state index contributed by atoms with van der Waals surface area (Å²) in [6, 6.07) is 7.33. The molecule has 2 heterocycles. The molecule has 0 saturated heterocycles. The third-order valence-corrected chi connectivity index (χ3v) is 4.44. The van der Waals surface area contributed by atoms with Gasteiger partial charge in [-0.2, -0.15) is 0 Å². The summed E-state index contributed by atoms with van der Waals surface area (Å²) in [6.45, 7) is 4.09. The number of nitrogens with one attached hydrogen (secondary N) is 1. The van der Waals surface area contributed by atoms with E-state index in [0.717, 1.165) is 11.5 Å². The van der Waals surface area contributed by atoms with E-state index < -0.39 is 0 Å². The highest BCUT2D eigenvalue weighted by atomic mass is 32.1. The van der Waals surface area contributed by atoms with Crippen LogP contribution in [0.4, 0.5) is 11.4 Å². The predicted molar refractivity (Wildman–Crippen MR) is 85.2 cm³/mol. The Morgan fingerprint density at radius 3 is 3.00 bits per heavy atom. The van der Waals surface area contributed by atoms with Gasteiger partial charge in [-0.25, -0.2) is 0 Å². The van der Waals surface area contributed by atoms with Crippen molar-refractivity contribution in [1.82, 2.24) is 9.59 Å². The maximum atomic E-state index is 12.9. The van der Waals surface area contributed by atoms with Crippen molar-refractivity contribution in [1.29, 1.82) is 0 Å². The van der Waals surface area contributed by atoms with Crippen LogP contribution in [0, 0.1) is 5.92 Å². The Labute approximate surface area is 132 Å². The topological polar surface area (TPSA) is 75.2 Å². The van der Waals surface area contributed by atoms with Crippen LogP contribution in [0.25, 0.3) is 0 Å². The molecule has 0 fully saturated rings. The lowest BCUT2D eigenvalue weighted by Gasteiger charge is -2.23. The molecule has 7 heteroatoms. The van der Waals surface area contributed by atoms with Gasteiger partial charge in [-0.1, -0.05) is 30.5 Å². The van der Waals surface area contributed by atoms with Crippen LogP contribution < -0.4 is 10.2 Å². The number of nitrogens with zero attached hydrogens (tertiary/aromatic N) is 3. The molecule has 1 aliphatic rings. The zero-order valence-electron chi connectivity index (χ0n) is 12.4. The number of aromatic nitrogens is 2. The van der Waals surface area contributed by atoms with Gasteiger partial charge in [0.25, 0.3) is 5.91 Å². The smallest absolute Gasteiger partial charge is 0.272 e. The number of hydrogen-bond donors (Lipinski definition) is 1. The maximum Gasteiger partial charge on any atom is 0.272 e. The molecule has 0 spiro atoms. The molecule has 1 N–H and O–H groups in total. The Morgan fingerprint density at radius 1 is 1.45 bits per heavy atom. The molecule has 0 saturated carbocycles. The van der Waals surface area contributed by atoms with Crippen molar-refractivity contribution in [3.8, 4) is 0 Å². The summed E-state index contributed by atoms with van der Waals surface area (Å²) >= 11 is 1.10. The fourth-order valence-electron chi connectivity index (χ4n) is 2.44. The molecule has 1 aromatic heterocycles. The quantitative estimate of drug-likeness (QED) is 0.922. The van der Waals surface area contributed by atoms with E-state index >= 15 is 0 Å².